The van der Waals surface area contributed by atoms with Crippen LogP contribution in [0, 0.1) is 0 Å². The van der Waals surface area contributed by atoms with Gasteiger partial charge in [0.25, 0.3) is 0 Å². The van der Waals surface area contributed by atoms with Gasteiger partial charge in [0.15, 0.2) is 0 Å². The SMILES string of the molecule is CC(CN1CCOCC1)N(C)C(=O)O. The molecule has 1 rings (SSSR count). The molecule has 0 aliphatic carbocycles. The minimum Gasteiger partial charge on any atom is -0.465 e. The number of likely N-dealkylation sites (N-methyl/N-ethyl adjacent to an activating group) is 1. The van der Waals surface area contributed by atoms with Crippen LogP contribution in [0.2, 0.25) is 0 Å². The van der Waals surface area contributed by atoms with E-state index in [0.717, 1.165) is 32.8 Å². The van der Waals surface area contributed by atoms with E-state index < -0.39 is 6.09 Å². The van der Waals surface area contributed by atoms with Crippen LogP contribution < -0.4 is 0 Å². The van der Waals surface area contributed by atoms with Crippen LogP contribution in [0.4, 0.5) is 4.79 Å². The molecule has 0 bridgehead atoms. The highest BCUT2D eigenvalue weighted by Gasteiger charge is 2.18. The van der Waals surface area contributed by atoms with Crippen molar-refractivity contribution in [3.63, 3.8) is 0 Å². The largest absolute Gasteiger partial charge is 0.465 e. The Balaban J connectivity index is 2.31. The van der Waals surface area contributed by atoms with E-state index in [-0.39, 0.29) is 6.04 Å². The Labute approximate surface area is 84.2 Å². The Bertz CT molecular complexity index is 192. The normalized spacial score (nSPS) is 20.4. The van der Waals surface area contributed by atoms with E-state index in [1.165, 1.54) is 4.90 Å². The molecule has 14 heavy (non-hydrogen) atoms. The summed E-state index contributed by atoms with van der Waals surface area (Å²) in [7, 11) is 1.60. The van der Waals surface area contributed by atoms with Crippen molar-refractivity contribution in [1.82, 2.24) is 9.80 Å². The third kappa shape index (κ3) is 3.16. The second-order valence-electron chi connectivity index (χ2n) is 3.66. The van der Waals surface area contributed by atoms with Crippen LogP contribution in [0.3, 0.4) is 0 Å². The average molecular weight is 202 g/mol. The van der Waals surface area contributed by atoms with Crippen molar-refractivity contribution in [2.75, 3.05) is 39.9 Å². The fourth-order valence-electron chi connectivity index (χ4n) is 1.47. The van der Waals surface area contributed by atoms with E-state index in [1.807, 2.05) is 6.92 Å². The molecular formula is C9H18N2O3. The lowest BCUT2D eigenvalue weighted by Gasteiger charge is -2.31. The average Bonchev–Trinajstić information content (AvgIpc) is 2.18. The van der Waals surface area contributed by atoms with Crippen molar-refractivity contribution in [3.05, 3.63) is 0 Å². The van der Waals surface area contributed by atoms with Crippen LogP contribution in [-0.2, 0) is 4.74 Å². The van der Waals surface area contributed by atoms with Gasteiger partial charge in [0, 0.05) is 32.7 Å². The summed E-state index contributed by atoms with van der Waals surface area (Å²) in [5.41, 5.74) is 0. The molecule has 0 aromatic rings. The van der Waals surface area contributed by atoms with Crippen LogP contribution in [-0.4, -0.2) is 66.9 Å². The summed E-state index contributed by atoms with van der Waals surface area (Å²) < 4.78 is 5.22. The Hall–Kier alpha value is -0.810. The molecule has 1 fully saturated rings. The first-order chi connectivity index (χ1) is 6.61. The number of nitrogens with zero attached hydrogens (tertiary/aromatic N) is 2. The van der Waals surface area contributed by atoms with Crippen molar-refractivity contribution in [2.24, 2.45) is 0 Å². The zero-order valence-corrected chi connectivity index (χ0v) is 8.77. The van der Waals surface area contributed by atoms with Gasteiger partial charge in [-0.05, 0) is 6.92 Å². The van der Waals surface area contributed by atoms with Gasteiger partial charge >= 0.3 is 6.09 Å². The number of hydrogen-bond donors (Lipinski definition) is 1. The van der Waals surface area contributed by atoms with Gasteiger partial charge in [-0.2, -0.15) is 0 Å². The lowest BCUT2D eigenvalue weighted by molar-refractivity contribution is 0.0274. The second kappa shape index (κ2) is 5.17. The highest BCUT2D eigenvalue weighted by atomic mass is 16.5. The molecule has 0 aromatic heterocycles. The molecule has 1 aliphatic heterocycles. The van der Waals surface area contributed by atoms with Gasteiger partial charge in [0.05, 0.1) is 13.2 Å². The monoisotopic (exact) mass is 202 g/mol. The van der Waals surface area contributed by atoms with Crippen molar-refractivity contribution < 1.29 is 14.6 Å². The molecule has 82 valence electrons. The molecule has 1 heterocycles. The molecule has 0 radical (unpaired) electrons. The predicted octanol–water partition coefficient (Wildman–Crippen LogP) is 0.317. The second-order valence-corrected chi connectivity index (χ2v) is 3.66. The van der Waals surface area contributed by atoms with Crippen molar-refractivity contribution >= 4 is 6.09 Å². The fourth-order valence-corrected chi connectivity index (χ4v) is 1.47. The summed E-state index contributed by atoms with van der Waals surface area (Å²) in [6.45, 7) is 6.01. The summed E-state index contributed by atoms with van der Waals surface area (Å²) >= 11 is 0. The zero-order chi connectivity index (χ0) is 10.6. The van der Waals surface area contributed by atoms with E-state index >= 15 is 0 Å². The molecule has 5 heteroatoms. The lowest BCUT2D eigenvalue weighted by atomic mass is 10.2. The van der Waals surface area contributed by atoms with Crippen LogP contribution in [0.5, 0.6) is 0 Å². The third-order valence-corrected chi connectivity index (χ3v) is 2.59. The molecule has 0 saturated carbocycles. The maximum atomic E-state index is 10.7. The fraction of sp³-hybridized carbons (Fsp3) is 0.889. The Kier molecular flexibility index (Phi) is 4.16. The van der Waals surface area contributed by atoms with Crippen molar-refractivity contribution in [3.8, 4) is 0 Å². The van der Waals surface area contributed by atoms with Gasteiger partial charge in [0.1, 0.15) is 0 Å². The first kappa shape index (κ1) is 11.3. The third-order valence-electron chi connectivity index (χ3n) is 2.59. The van der Waals surface area contributed by atoms with Gasteiger partial charge < -0.3 is 14.7 Å². The number of morpholine rings is 1. The minimum absolute atomic E-state index is 0.0330. The van der Waals surface area contributed by atoms with Crippen LogP contribution in [0.25, 0.3) is 0 Å². The smallest absolute Gasteiger partial charge is 0.407 e. The number of amides is 1. The summed E-state index contributed by atoms with van der Waals surface area (Å²) in [4.78, 5) is 14.2. The van der Waals surface area contributed by atoms with Gasteiger partial charge in [-0.25, -0.2) is 4.79 Å². The first-order valence-electron chi connectivity index (χ1n) is 4.87. The quantitative estimate of drug-likeness (QED) is 0.716. The molecule has 1 N–H and O–H groups in total. The number of carbonyl (C=O) groups is 1. The van der Waals surface area contributed by atoms with E-state index in [4.69, 9.17) is 9.84 Å². The van der Waals surface area contributed by atoms with E-state index in [2.05, 4.69) is 4.90 Å². The first-order valence-corrected chi connectivity index (χ1v) is 4.87. The standard InChI is InChI=1S/C9H18N2O3/c1-8(10(2)9(12)13)7-11-3-5-14-6-4-11/h8H,3-7H2,1-2H3,(H,12,13). The van der Waals surface area contributed by atoms with E-state index in [9.17, 15) is 4.79 Å². The molecular weight excluding hydrogens is 184 g/mol. The zero-order valence-electron chi connectivity index (χ0n) is 8.77. The predicted molar refractivity (Wildman–Crippen MR) is 52.5 cm³/mol. The molecule has 1 saturated heterocycles. The van der Waals surface area contributed by atoms with E-state index in [0.29, 0.717) is 0 Å². The number of rotatable bonds is 3. The summed E-state index contributed by atoms with van der Waals surface area (Å²) in [5, 5.41) is 8.76. The summed E-state index contributed by atoms with van der Waals surface area (Å²) in [5.74, 6) is 0. The van der Waals surface area contributed by atoms with Gasteiger partial charge in [0.2, 0.25) is 0 Å². The Morgan fingerprint density at radius 2 is 2.14 bits per heavy atom. The van der Waals surface area contributed by atoms with Gasteiger partial charge in [-0.3, -0.25) is 4.90 Å². The molecule has 0 spiro atoms. The molecule has 1 atom stereocenters. The van der Waals surface area contributed by atoms with Crippen LogP contribution in [0.15, 0.2) is 0 Å². The van der Waals surface area contributed by atoms with Crippen LogP contribution >= 0.6 is 0 Å². The van der Waals surface area contributed by atoms with Crippen molar-refractivity contribution in [2.45, 2.75) is 13.0 Å². The molecule has 1 aliphatic rings. The Morgan fingerprint density at radius 3 is 2.64 bits per heavy atom. The summed E-state index contributed by atoms with van der Waals surface area (Å²) in [6.07, 6.45) is -0.870. The molecule has 1 amide bonds. The number of carboxylic acid groups (broad SMARTS) is 1. The highest BCUT2D eigenvalue weighted by molar-refractivity contribution is 5.64. The molecule has 5 nitrogen and oxygen atoms in total. The Morgan fingerprint density at radius 1 is 1.57 bits per heavy atom. The maximum Gasteiger partial charge on any atom is 0.407 e. The maximum absolute atomic E-state index is 10.7. The summed E-state index contributed by atoms with van der Waals surface area (Å²) in [6, 6.07) is 0.0330. The highest BCUT2D eigenvalue weighted by Crippen LogP contribution is 2.02. The van der Waals surface area contributed by atoms with Gasteiger partial charge in [-0.15, -0.1) is 0 Å². The minimum atomic E-state index is -0.870. The number of hydrogen-bond acceptors (Lipinski definition) is 3. The van der Waals surface area contributed by atoms with Crippen molar-refractivity contribution in [1.29, 1.82) is 0 Å². The van der Waals surface area contributed by atoms with Gasteiger partial charge in [-0.1, -0.05) is 0 Å². The molecule has 0 aromatic carbocycles. The topological polar surface area (TPSA) is 53.0 Å². The van der Waals surface area contributed by atoms with Crippen LogP contribution in [0.1, 0.15) is 6.92 Å². The lowest BCUT2D eigenvalue weighted by Crippen LogP contribution is -2.46. The number of ether oxygens (including phenoxy) is 1. The van der Waals surface area contributed by atoms with E-state index in [1.54, 1.807) is 7.05 Å². The molecule has 1 unspecified atom stereocenters.